The summed E-state index contributed by atoms with van der Waals surface area (Å²) in [5, 5.41) is 0. The fraction of sp³-hybridized carbons (Fsp3) is 1.00. The zero-order valence-electron chi connectivity index (χ0n) is 7.09. The maximum absolute atomic E-state index is 12.8. The topological polar surface area (TPSA) is 76.0 Å². The van der Waals surface area contributed by atoms with Gasteiger partial charge in [0.1, 0.15) is 6.17 Å². The summed E-state index contributed by atoms with van der Waals surface area (Å²) in [6.07, 6.45) is -2.03. The summed E-state index contributed by atoms with van der Waals surface area (Å²) in [5.74, 6) is 0. The molecule has 78 valence electrons. The van der Waals surface area contributed by atoms with E-state index in [4.69, 9.17) is 14.5 Å². The standard InChI is InChI=1S/C6H12FO5P/c1-4-6(7)2-5(12-4)3-11-13(8,9)10/h4-6H,2-3H2,1H3,(H2,8,9,10)/t4-,5?,6-/m0/s1. The largest absolute Gasteiger partial charge is 0.469 e. The van der Waals surface area contributed by atoms with E-state index < -0.39 is 26.2 Å². The first-order chi connectivity index (χ1) is 5.88. The Morgan fingerprint density at radius 3 is 2.69 bits per heavy atom. The second-order valence-electron chi connectivity index (χ2n) is 3.00. The van der Waals surface area contributed by atoms with E-state index in [1.165, 1.54) is 0 Å². The molecular weight excluding hydrogens is 202 g/mol. The molecule has 0 amide bonds. The van der Waals surface area contributed by atoms with Crippen molar-refractivity contribution in [2.75, 3.05) is 6.61 Å². The third kappa shape index (κ3) is 3.70. The van der Waals surface area contributed by atoms with Crippen molar-refractivity contribution in [2.24, 2.45) is 0 Å². The van der Waals surface area contributed by atoms with Gasteiger partial charge in [-0.05, 0) is 6.92 Å². The van der Waals surface area contributed by atoms with Gasteiger partial charge < -0.3 is 14.5 Å². The molecule has 0 saturated carbocycles. The quantitative estimate of drug-likeness (QED) is 0.673. The number of phosphoric acid groups is 1. The molecule has 13 heavy (non-hydrogen) atoms. The number of hydrogen-bond donors (Lipinski definition) is 2. The second kappa shape index (κ2) is 4.02. The van der Waals surface area contributed by atoms with Crippen LogP contribution in [0.1, 0.15) is 13.3 Å². The summed E-state index contributed by atoms with van der Waals surface area (Å²) in [5.41, 5.74) is 0. The van der Waals surface area contributed by atoms with Crippen LogP contribution >= 0.6 is 7.82 Å². The van der Waals surface area contributed by atoms with Gasteiger partial charge in [-0.15, -0.1) is 0 Å². The molecule has 1 unspecified atom stereocenters. The molecule has 0 aromatic heterocycles. The average molecular weight is 214 g/mol. The number of hydrogen-bond acceptors (Lipinski definition) is 3. The minimum absolute atomic E-state index is 0.126. The molecule has 1 rings (SSSR count). The Bertz CT molecular complexity index is 207. The molecule has 1 saturated heterocycles. The van der Waals surface area contributed by atoms with E-state index in [1.807, 2.05) is 0 Å². The first kappa shape index (κ1) is 11.1. The van der Waals surface area contributed by atoms with Crippen LogP contribution in [0.25, 0.3) is 0 Å². The molecule has 1 aliphatic rings. The van der Waals surface area contributed by atoms with Gasteiger partial charge in [-0.2, -0.15) is 0 Å². The molecule has 7 heteroatoms. The highest BCUT2D eigenvalue weighted by Crippen LogP contribution is 2.37. The summed E-state index contributed by atoms with van der Waals surface area (Å²) in [4.78, 5) is 16.7. The smallest absolute Gasteiger partial charge is 0.370 e. The van der Waals surface area contributed by atoms with Crippen LogP contribution in [-0.4, -0.2) is 34.8 Å². The normalized spacial score (nSPS) is 35.2. The lowest BCUT2D eigenvalue weighted by Crippen LogP contribution is -2.15. The van der Waals surface area contributed by atoms with E-state index in [1.54, 1.807) is 6.92 Å². The summed E-state index contributed by atoms with van der Waals surface area (Å²) in [6.45, 7) is 1.30. The van der Waals surface area contributed by atoms with Gasteiger partial charge in [-0.1, -0.05) is 0 Å². The van der Waals surface area contributed by atoms with Crippen LogP contribution in [-0.2, 0) is 13.8 Å². The summed E-state index contributed by atoms with van der Waals surface area (Å²) < 4.78 is 32.3. The molecular formula is C6H12FO5P. The third-order valence-electron chi connectivity index (χ3n) is 1.83. The Kier molecular flexibility index (Phi) is 3.43. The van der Waals surface area contributed by atoms with Gasteiger partial charge in [0.25, 0.3) is 0 Å². The van der Waals surface area contributed by atoms with Crippen molar-refractivity contribution >= 4 is 7.82 Å². The Morgan fingerprint density at radius 1 is 1.69 bits per heavy atom. The number of rotatable bonds is 3. The summed E-state index contributed by atoms with van der Waals surface area (Å²) >= 11 is 0. The highest BCUT2D eigenvalue weighted by molar-refractivity contribution is 7.46. The number of phosphoric ester groups is 1. The van der Waals surface area contributed by atoms with Crippen molar-refractivity contribution in [2.45, 2.75) is 31.7 Å². The summed E-state index contributed by atoms with van der Waals surface area (Å²) in [7, 11) is -4.46. The molecule has 1 fully saturated rings. The molecule has 1 aliphatic heterocycles. The molecule has 2 N–H and O–H groups in total. The molecule has 0 radical (unpaired) electrons. The van der Waals surface area contributed by atoms with Crippen molar-refractivity contribution in [1.82, 2.24) is 0 Å². The lowest BCUT2D eigenvalue weighted by atomic mass is 10.2. The van der Waals surface area contributed by atoms with E-state index in [9.17, 15) is 8.96 Å². The van der Waals surface area contributed by atoms with Crippen LogP contribution in [0, 0.1) is 0 Å². The molecule has 0 aromatic carbocycles. The first-order valence-electron chi connectivity index (χ1n) is 3.88. The van der Waals surface area contributed by atoms with E-state index >= 15 is 0 Å². The van der Waals surface area contributed by atoms with Crippen LogP contribution in [0.4, 0.5) is 4.39 Å². The summed E-state index contributed by atoms with van der Waals surface area (Å²) in [6, 6.07) is 0. The van der Waals surface area contributed by atoms with Crippen molar-refractivity contribution in [3.05, 3.63) is 0 Å². The van der Waals surface area contributed by atoms with Gasteiger partial charge in [0.2, 0.25) is 0 Å². The first-order valence-corrected chi connectivity index (χ1v) is 5.41. The number of ether oxygens (including phenoxy) is 1. The zero-order chi connectivity index (χ0) is 10.1. The molecule has 0 aromatic rings. The van der Waals surface area contributed by atoms with Crippen LogP contribution in [0.5, 0.6) is 0 Å². The molecule has 1 heterocycles. The zero-order valence-corrected chi connectivity index (χ0v) is 7.99. The number of alkyl halides is 1. The Labute approximate surface area is 75.1 Å². The molecule has 0 spiro atoms. The van der Waals surface area contributed by atoms with Crippen molar-refractivity contribution in [3.63, 3.8) is 0 Å². The highest BCUT2D eigenvalue weighted by atomic mass is 31.2. The minimum atomic E-state index is -4.46. The lowest BCUT2D eigenvalue weighted by molar-refractivity contribution is 0.0103. The minimum Gasteiger partial charge on any atom is -0.370 e. The molecule has 0 bridgehead atoms. The number of halogens is 1. The van der Waals surface area contributed by atoms with E-state index in [0.29, 0.717) is 0 Å². The van der Waals surface area contributed by atoms with Gasteiger partial charge in [-0.3, -0.25) is 4.52 Å². The SMILES string of the molecule is C[C@@H]1OC(COP(=O)(O)O)C[C@@H]1F. The Hall–Kier alpha value is -0.0000000000000000555. The van der Waals surface area contributed by atoms with Gasteiger partial charge in [0.05, 0.1) is 18.8 Å². The van der Waals surface area contributed by atoms with Crippen molar-refractivity contribution in [3.8, 4) is 0 Å². The van der Waals surface area contributed by atoms with Crippen molar-refractivity contribution in [1.29, 1.82) is 0 Å². The van der Waals surface area contributed by atoms with Crippen LogP contribution in [0.15, 0.2) is 0 Å². The van der Waals surface area contributed by atoms with E-state index in [-0.39, 0.29) is 13.0 Å². The second-order valence-corrected chi connectivity index (χ2v) is 4.24. The fourth-order valence-corrected chi connectivity index (χ4v) is 1.54. The lowest BCUT2D eigenvalue weighted by Gasteiger charge is -2.11. The molecule has 3 atom stereocenters. The predicted molar refractivity (Wildman–Crippen MR) is 41.8 cm³/mol. The predicted octanol–water partition coefficient (Wildman–Crippen LogP) is 0.611. The molecule has 0 aliphatic carbocycles. The highest BCUT2D eigenvalue weighted by Gasteiger charge is 2.33. The molecule has 5 nitrogen and oxygen atoms in total. The Morgan fingerprint density at radius 2 is 2.31 bits per heavy atom. The Balaban J connectivity index is 2.29. The third-order valence-corrected chi connectivity index (χ3v) is 2.32. The van der Waals surface area contributed by atoms with Gasteiger partial charge in [-0.25, -0.2) is 8.96 Å². The van der Waals surface area contributed by atoms with E-state index in [2.05, 4.69) is 4.52 Å². The van der Waals surface area contributed by atoms with Gasteiger partial charge in [0, 0.05) is 6.42 Å². The maximum atomic E-state index is 12.8. The van der Waals surface area contributed by atoms with Crippen LogP contribution in [0.3, 0.4) is 0 Å². The van der Waals surface area contributed by atoms with E-state index in [0.717, 1.165) is 0 Å². The maximum Gasteiger partial charge on any atom is 0.469 e. The van der Waals surface area contributed by atoms with Crippen LogP contribution < -0.4 is 0 Å². The fourth-order valence-electron chi connectivity index (χ4n) is 1.17. The van der Waals surface area contributed by atoms with Crippen molar-refractivity contribution < 1.29 is 28.0 Å². The van der Waals surface area contributed by atoms with Gasteiger partial charge in [0.15, 0.2) is 0 Å². The van der Waals surface area contributed by atoms with Crippen LogP contribution in [0.2, 0.25) is 0 Å². The average Bonchev–Trinajstić information content (AvgIpc) is 2.27. The van der Waals surface area contributed by atoms with Gasteiger partial charge >= 0.3 is 7.82 Å². The monoisotopic (exact) mass is 214 g/mol.